The molecule has 3 N–H and O–H groups in total. The molecule has 0 spiro atoms. The van der Waals surface area contributed by atoms with Crippen LogP contribution in [-0.4, -0.2) is 12.5 Å². The summed E-state index contributed by atoms with van der Waals surface area (Å²) in [6, 6.07) is 9.28. The van der Waals surface area contributed by atoms with E-state index in [0.717, 1.165) is 6.07 Å². The van der Waals surface area contributed by atoms with Crippen molar-refractivity contribution in [3.63, 3.8) is 0 Å². The molecule has 0 unspecified atom stereocenters. The Morgan fingerprint density at radius 1 is 1.19 bits per heavy atom. The van der Waals surface area contributed by atoms with Gasteiger partial charge in [0.25, 0.3) is 5.91 Å². The number of hydrogen-bond donors (Lipinski definition) is 2. The van der Waals surface area contributed by atoms with Gasteiger partial charge in [-0.3, -0.25) is 4.79 Å². The first-order valence-electron chi connectivity index (χ1n) is 5.87. The van der Waals surface area contributed by atoms with Crippen LogP contribution >= 0.6 is 0 Å². The molecule has 0 aromatic heterocycles. The number of carbonyl (C=O) groups is 1. The summed E-state index contributed by atoms with van der Waals surface area (Å²) in [5.41, 5.74) is 5.37. The SMILES string of the molecule is Nc1c(F)cccc1C(=O)Nc1cccc(OC(F)F)c1. The number of alkyl halides is 2. The highest BCUT2D eigenvalue weighted by Gasteiger charge is 2.13. The van der Waals surface area contributed by atoms with Crippen LogP contribution in [0.1, 0.15) is 10.4 Å². The molecule has 0 saturated carbocycles. The fourth-order valence-corrected chi connectivity index (χ4v) is 1.68. The smallest absolute Gasteiger partial charge is 0.387 e. The summed E-state index contributed by atoms with van der Waals surface area (Å²) in [6.45, 7) is -2.96. The van der Waals surface area contributed by atoms with E-state index >= 15 is 0 Å². The number of amides is 1. The fraction of sp³-hybridized carbons (Fsp3) is 0.0714. The van der Waals surface area contributed by atoms with Crippen molar-refractivity contribution < 1.29 is 22.7 Å². The maximum absolute atomic E-state index is 13.3. The summed E-state index contributed by atoms with van der Waals surface area (Å²) in [5, 5.41) is 2.43. The lowest BCUT2D eigenvalue weighted by Gasteiger charge is -2.10. The van der Waals surface area contributed by atoms with E-state index in [0.29, 0.717) is 0 Å². The molecule has 0 heterocycles. The standard InChI is InChI=1S/C14H11F3N2O2/c15-11-6-2-5-10(12(11)18)13(20)19-8-3-1-4-9(7-8)21-14(16)17/h1-7,14H,18H2,(H,19,20). The molecule has 0 bridgehead atoms. The predicted molar refractivity (Wildman–Crippen MR) is 71.8 cm³/mol. The van der Waals surface area contributed by atoms with Gasteiger partial charge in [0.15, 0.2) is 0 Å². The van der Waals surface area contributed by atoms with Crippen LogP contribution in [0.25, 0.3) is 0 Å². The normalized spacial score (nSPS) is 10.5. The van der Waals surface area contributed by atoms with E-state index in [4.69, 9.17) is 5.73 Å². The molecule has 4 nitrogen and oxygen atoms in total. The zero-order chi connectivity index (χ0) is 15.4. The zero-order valence-electron chi connectivity index (χ0n) is 10.6. The largest absolute Gasteiger partial charge is 0.435 e. The maximum atomic E-state index is 13.3. The Balaban J connectivity index is 2.18. The van der Waals surface area contributed by atoms with Gasteiger partial charge in [0.05, 0.1) is 11.3 Å². The van der Waals surface area contributed by atoms with E-state index in [2.05, 4.69) is 10.1 Å². The molecule has 0 fully saturated rings. The van der Waals surface area contributed by atoms with Crippen molar-refractivity contribution >= 4 is 17.3 Å². The molecule has 0 aliphatic rings. The molecular formula is C14H11F3N2O2. The lowest BCUT2D eigenvalue weighted by molar-refractivity contribution is -0.0497. The Bertz CT molecular complexity index is 662. The van der Waals surface area contributed by atoms with Gasteiger partial charge < -0.3 is 15.8 Å². The molecular weight excluding hydrogens is 285 g/mol. The van der Waals surface area contributed by atoms with E-state index in [9.17, 15) is 18.0 Å². The molecule has 0 aliphatic heterocycles. The zero-order valence-corrected chi connectivity index (χ0v) is 10.6. The van der Waals surface area contributed by atoms with E-state index in [1.54, 1.807) is 0 Å². The molecule has 1 amide bonds. The van der Waals surface area contributed by atoms with Crippen LogP contribution in [0, 0.1) is 5.82 Å². The summed E-state index contributed by atoms with van der Waals surface area (Å²) >= 11 is 0. The number of carbonyl (C=O) groups excluding carboxylic acids is 1. The van der Waals surface area contributed by atoms with Gasteiger partial charge in [-0.25, -0.2) is 4.39 Å². The average molecular weight is 296 g/mol. The van der Waals surface area contributed by atoms with Gasteiger partial charge in [-0.05, 0) is 24.3 Å². The number of hydrogen-bond acceptors (Lipinski definition) is 3. The van der Waals surface area contributed by atoms with Crippen molar-refractivity contribution in [1.29, 1.82) is 0 Å². The number of nitrogen functional groups attached to an aromatic ring is 1. The van der Waals surface area contributed by atoms with E-state index in [1.807, 2.05) is 0 Å². The predicted octanol–water partition coefficient (Wildman–Crippen LogP) is 3.26. The number of nitrogens with two attached hydrogens (primary N) is 1. The maximum Gasteiger partial charge on any atom is 0.387 e. The Kier molecular flexibility index (Phi) is 4.32. The first-order valence-corrected chi connectivity index (χ1v) is 5.87. The highest BCUT2D eigenvalue weighted by Crippen LogP contribution is 2.21. The molecule has 7 heteroatoms. The van der Waals surface area contributed by atoms with Crippen LogP contribution in [0.5, 0.6) is 5.75 Å². The highest BCUT2D eigenvalue weighted by molar-refractivity contribution is 6.07. The van der Waals surface area contributed by atoms with Crippen LogP contribution in [0.3, 0.4) is 0 Å². The third-order valence-corrected chi connectivity index (χ3v) is 2.61. The van der Waals surface area contributed by atoms with Crippen molar-refractivity contribution in [2.75, 3.05) is 11.1 Å². The van der Waals surface area contributed by atoms with Crippen LogP contribution < -0.4 is 15.8 Å². The van der Waals surface area contributed by atoms with Crippen molar-refractivity contribution in [2.24, 2.45) is 0 Å². The van der Waals surface area contributed by atoms with Crippen molar-refractivity contribution in [3.05, 3.63) is 53.8 Å². The fourth-order valence-electron chi connectivity index (χ4n) is 1.68. The number of nitrogens with one attached hydrogen (secondary N) is 1. The van der Waals surface area contributed by atoms with E-state index in [-0.39, 0.29) is 22.7 Å². The minimum absolute atomic E-state index is 0.0461. The summed E-state index contributed by atoms with van der Waals surface area (Å²) in [6.07, 6.45) is 0. The van der Waals surface area contributed by atoms with Gasteiger partial charge in [0.2, 0.25) is 0 Å². The van der Waals surface area contributed by atoms with Crippen molar-refractivity contribution in [1.82, 2.24) is 0 Å². The molecule has 110 valence electrons. The van der Waals surface area contributed by atoms with Gasteiger partial charge >= 0.3 is 6.61 Å². The minimum atomic E-state index is -2.96. The highest BCUT2D eigenvalue weighted by atomic mass is 19.3. The first-order chi connectivity index (χ1) is 9.97. The second-order valence-electron chi connectivity index (χ2n) is 4.06. The summed E-state index contributed by atoms with van der Waals surface area (Å²) in [4.78, 5) is 12.0. The number of rotatable bonds is 4. The average Bonchev–Trinajstić information content (AvgIpc) is 2.41. The van der Waals surface area contributed by atoms with Crippen molar-refractivity contribution in [2.45, 2.75) is 6.61 Å². The van der Waals surface area contributed by atoms with Crippen LogP contribution in [0.4, 0.5) is 24.5 Å². The second kappa shape index (κ2) is 6.17. The third-order valence-electron chi connectivity index (χ3n) is 2.61. The molecule has 21 heavy (non-hydrogen) atoms. The molecule has 2 aromatic carbocycles. The molecule has 2 aromatic rings. The van der Waals surface area contributed by atoms with Gasteiger partial charge in [-0.2, -0.15) is 8.78 Å². The molecule has 0 radical (unpaired) electrons. The van der Waals surface area contributed by atoms with Gasteiger partial charge in [-0.1, -0.05) is 12.1 Å². The lowest BCUT2D eigenvalue weighted by Crippen LogP contribution is -2.15. The topological polar surface area (TPSA) is 64.4 Å². The van der Waals surface area contributed by atoms with Crippen molar-refractivity contribution in [3.8, 4) is 5.75 Å². The van der Waals surface area contributed by atoms with Crippen LogP contribution in [0.15, 0.2) is 42.5 Å². The number of ether oxygens (including phenoxy) is 1. The Morgan fingerprint density at radius 2 is 1.90 bits per heavy atom. The van der Waals surface area contributed by atoms with Crippen LogP contribution in [-0.2, 0) is 0 Å². The second-order valence-corrected chi connectivity index (χ2v) is 4.06. The number of benzene rings is 2. The van der Waals surface area contributed by atoms with E-state index < -0.39 is 18.3 Å². The first kappa shape index (κ1) is 14.7. The summed E-state index contributed by atoms with van der Waals surface area (Å²) < 4.78 is 41.7. The molecule has 0 saturated heterocycles. The summed E-state index contributed by atoms with van der Waals surface area (Å²) in [7, 11) is 0. The Labute approximate surface area is 118 Å². The van der Waals surface area contributed by atoms with Gasteiger partial charge in [-0.15, -0.1) is 0 Å². The quantitative estimate of drug-likeness (QED) is 0.851. The number of halogens is 3. The minimum Gasteiger partial charge on any atom is -0.435 e. The third kappa shape index (κ3) is 3.65. The Morgan fingerprint density at radius 3 is 2.62 bits per heavy atom. The van der Waals surface area contributed by atoms with E-state index in [1.165, 1.54) is 36.4 Å². The number of anilines is 2. The Hall–Kier alpha value is -2.70. The number of para-hydroxylation sites is 1. The summed E-state index contributed by atoms with van der Waals surface area (Å²) in [5.74, 6) is -1.46. The van der Waals surface area contributed by atoms with Gasteiger partial charge in [0.1, 0.15) is 11.6 Å². The molecule has 2 rings (SSSR count). The molecule has 0 atom stereocenters. The monoisotopic (exact) mass is 296 g/mol. The molecule has 0 aliphatic carbocycles. The van der Waals surface area contributed by atoms with Crippen LogP contribution in [0.2, 0.25) is 0 Å². The lowest BCUT2D eigenvalue weighted by atomic mass is 10.1. The van der Waals surface area contributed by atoms with Gasteiger partial charge in [0, 0.05) is 11.8 Å².